The van der Waals surface area contributed by atoms with Gasteiger partial charge in [-0.2, -0.15) is 0 Å². The minimum atomic E-state index is -1.85. The molecule has 0 aliphatic carbocycles. The third kappa shape index (κ3) is 27.7. The molecule has 0 spiro atoms. The molecular weight excluding hydrogens is 430 g/mol. The second kappa shape index (κ2) is 25.8. The SMILES string of the molecule is C=C(F)C(=O)[O-].C=C(F)C(=O)[O-].C=CCCCCC=C.C=Cc1ccccc1C=C.[Ca+2]. The Morgan fingerprint density at radius 2 is 1.03 bits per heavy atom. The first-order valence-electron chi connectivity index (χ1n) is 8.76. The summed E-state index contributed by atoms with van der Waals surface area (Å²) in [6.07, 6.45) is 12.4. The average molecular weight is 459 g/mol. The molecule has 164 valence electrons. The predicted octanol–water partition coefficient (Wildman–Crippen LogP) is 3.95. The number of carbonyl (C=O) groups is 2. The van der Waals surface area contributed by atoms with Crippen molar-refractivity contribution in [2.45, 2.75) is 25.7 Å². The van der Waals surface area contributed by atoms with Gasteiger partial charge in [0.05, 0.1) is 11.9 Å². The van der Waals surface area contributed by atoms with Crippen LogP contribution in [0.25, 0.3) is 12.2 Å². The molecule has 0 radical (unpaired) electrons. The molecule has 0 unspecified atom stereocenters. The summed E-state index contributed by atoms with van der Waals surface area (Å²) in [4.78, 5) is 18.2. The van der Waals surface area contributed by atoms with E-state index in [1.54, 1.807) is 0 Å². The van der Waals surface area contributed by atoms with Gasteiger partial charge in [-0.05, 0) is 36.8 Å². The van der Waals surface area contributed by atoms with Crippen LogP contribution < -0.4 is 10.2 Å². The van der Waals surface area contributed by atoms with Crippen LogP contribution in [0.3, 0.4) is 0 Å². The molecule has 4 nitrogen and oxygen atoms in total. The summed E-state index contributed by atoms with van der Waals surface area (Å²) in [6, 6.07) is 8.02. The molecule has 0 bridgehead atoms. The van der Waals surface area contributed by atoms with Crippen molar-refractivity contribution in [3.63, 3.8) is 0 Å². The van der Waals surface area contributed by atoms with Gasteiger partial charge in [0.25, 0.3) is 0 Å². The molecule has 0 aliphatic heterocycles. The van der Waals surface area contributed by atoms with Crippen LogP contribution in [0.1, 0.15) is 36.8 Å². The van der Waals surface area contributed by atoms with Gasteiger partial charge in [-0.25, -0.2) is 8.78 Å². The van der Waals surface area contributed by atoms with E-state index in [1.807, 2.05) is 48.6 Å². The van der Waals surface area contributed by atoms with Crippen molar-refractivity contribution in [1.29, 1.82) is 0 Å². The van der Waals surface area contributed by atoms with Crippen molar-refractivity contribution >= 4 is 61.8 Å². The fraction of sp³-hybridized carbons (Fsp3) is 0.167. The Balaban J connectivity index is -0.000000159. The molecule has 1 aromatic carbocycles. The van der Waals surface area contributed by atoms with Crippen LogP contribution in [-0.2, 0) is 9.59 Å². The number of carboxylic acids is 2. The van der Waals surface area contributed by atoms with Gasteiger partial charge < -0.3 is 19.8 Å². The van der Waals surface area contributed by atoms with Crippen molar-refractivity contribution < 1.29 is 28.6 Å². The van der Waals surface area contributed by atoms with E-state index in [2.05, 4.69) is 39.5 Å². The first-order valence-corrected chi connectivity index (χ1v) is 8.76. The first kappa shape index (κ1) is 36.1. The number of allylic oxidation sites excluding steroid dienone is 2. The molecule has 0 aliphatic rings. The minimum Gasteiger partial charge on any atom is -0.542 e. The van der Waals surface area contributed by atoms with Gasteiger partial charge in [0.2, 0.25) is 0 Å². The summed E-state index contributed by atoms with van der Waals surface area (Å²) in [7, 11) is 0. The maximum Gasteiger partial charge on any atom is 2.00 e. The summed E-state index contributed by atoms with van der Waals surface area (Å²) < 4.78 is 21.9. The summed E-state index contributed by atoms with van der Waals surface area (Å²) in [5.74, 6) is -6.57. The fourth-order valence-corrected chi connectivity index (χ4v) is 1.46. The second-order valence-electron chi connectivity index (χ2n) is 5.28. The van der Waals surface area contributed by atoms with E-state index in [1.165, 1.54) is 12.8 Å². The third-order valence-electron chi connectivity index (χ3n) is 2.95. The number of halogens is 2. The molecule has 1 rings (SSSR count). The van der Waals surface area contributed by atoms with Gasteiger partial charge in [-0.15, -0.1) is 13.2 Å². The molecule has 31 heavy (non-hydrogen) atoms. The zero-order valence-corrected chi connectivity index (χ0v) is 20.0. The number of carboxylic acid groups (broad SMARTS) is 2. The minimum absolute atomic E-state index is 0. The predicted molar refractivity (Wildman–Crippen MR) is 122 cm³/mol. The first-order chi connectivity index (χ1) is 14.1. The van der Waals surface area contributed by atoms with Crippen molar-refractivity contribution in [1.82, 2.24) is 0 Å². The smallest absolute Gasteiger partial charge is 0.542 e. The molecule has 0 fully saturated rings. The van der Waals surface area contributed by atoms with E-state index >= 15 is 0 Å². The second-order valence-corrected chi connectivity index (χ2v) is 5.28. The maximum absolute atomic E-state index is 11.0. The number of carbonyl (C=O) groups excluding carboxylic acids is 2. The summed E-state index contributed by atoms with van der Waals surface area (Å²) in [5.41, 5.74) is 2.27. The molecule has 0 atom stereocenters. The summed E-state index contributed by atoms with van der Waals surface area (Å²) in [5, 5.41) is 18.2. The van der Waals surface area contributed by atoms with E-state index < -0.39 is 23.6 Å². The van der Waals surface area contributed by atoms with E-state index in [9.17, 15) is 8.78 Å². The Hall–Kier alpha value is -2.28. The van der Waals surface area contributed by atoms with E-state index in [4.69, 9.17) is 19.8 Å². The largest absolute Gasteiger partial charge is 2.00 e. The fourth-order valence-electron chi connectivity index (χ4n) is 1.46. The Morgan fingerprint density at radius 1 is 0.774 bits per heavy atom. The van der Waals surface area contributed by atoms with Gasteiger partial charge in [0.1, 0.15) is 11.7 Å². The molecular formula is C24H28CaF2O4. The Morgan fingerprint density at radius 3 is 1.19 bits per heavy atom. The van der Waals surface area contributed by atoms with Crippen molar-refractivity contribution in [3.05, 3.63) is 98.7 Å². The summed E-state index contributed by atoms with van der Waals surface area (Å²) >= 11 is 0. The molecule has 0 aromatic heterocycles. The number of rotatable bonds is 9. The van der Waals surface area contributed by atoms with Crippen LogP contribution in [-0.4, -0.2) is 49.7 Å². The van der Waals surface area contributed by atoms with E-state index in [0.717, 1.165) is 24.0 Å². The molecule has 0 saturated heterocycles. The molecule has 0 N–H and O–H groups in total. The number of unbranched alkanes of at least 4 members (excludes halogenated alkanes) is 3. The van der Waals surface area contributed by atoms with Gasteiger partial charge in [-0.3, -0.25) is 0 Å². The van der Waals surface area contributed by atoms with Crippen LogP contribution in [0.15, 0.2) is 87.5 Å². The Labute approximate surface area is 213 Å². The molecule has 7 heteroatoms. The summed E-state index contributed by atoms with van der Waals surface area (Å²) in [6.45, 7) is 19.5. The van der Waals surface area contributed by atoms with Crippen LogP contribution >= 0.6 is 0 Å². The van der Waals surface area contributed by atoms with Gasteiger partial charge in [0.15, 0.2) is 0 Å². The topological polar surface area (TPSA) is 80.3 Å². The maximum atomic E-state index is 11.0. The van der Waals surface area contributed by atoms with Crippen LogP contribution in [0.4, 0.5) is 8.78 Å². The zero-order chi connectivity index (χ0) is 23.9. The normalized spacial score (nSPS) is 7.94. The molecule has 0 amide bonds. The number of hydrogen-bond donors (Lipinski definition) is 0. The monoisotopic (exact) mass is 458 g/mol. The number of aliphatic carboxylic acids is 2. The molecule has 1 aromatic rings. The average Bonchev–Trinajstić information content (AvgIpc) is 2.72. The van der Waals surface area contributed by atoms with Gasteiger partial charge >= 0.3 is 37.7 Å². The molecule has 0 heterocycles. The zero-order valence-electron chi connectivity index (χ0n) is 17.8. The van der Waals surface area contributed by atoms with Gasteiger partial charge in [0, 0.05) is 0 Å². The quantitative estimate of drug-likeness (QED) is 0.243. The van der Waals surface area contributed by atoms with Crippen LogP contribution in [0.2, 0.25) is 0 Å². The van der Waals surface area contributed by atoms with Crippen molar-refractivity contribution in [2.24, 2.45) is 0 Å². The number of hydrogen-bond acceptors (Lipinski definition) is 4. The van der Waals surface area contributed by atoms with Crippen molar-refractivity contribution in [2.75, 3.05) is 0 Å². The standard InChI is InChI=1S/C10H10.C8H14.2C3H3FO2.Ca/c1-3-9-7-5-6-8-10(9)4-2;1-3-5-7-8-6-4-2;2*1-2(4)3(5)6;/h3-8H,1-2H2;3-4H,1-2,5-8H2;2*1H2,(H,5,6);/q;;;;+2/p-2. The van der Waals surface area contributed by atoms with Crippen molar-refractivity contribution in [3.8, 4) is 0 Å². The Bertz CT molecular complexity index is 643. The Kier molecular flexibility index (Phi) is 30.0. The molecule has 0 saturated carbocycles. The number of benzene rings is 1. The van der Waals surface area contributed by atoms with E-state index in [-0.39, 0.29) is 37.7 Å². The third-order valence-corrected chi connectivity index (χ3v) is 2.95. The van der Waals surface area contributed by atoms with E-state index in [0.29, 0.717) is 0 Å². The van der Waals surface area contributed by atoms with Gasteiger partial charge in [-0.1, -0.05) is 74.9 Å². The van der Waals surface area contributed by atoms with Crippen LogP contribution in [0, 0.1) is 0 Å². The van der Waals surface area contributed by atoms with Crippen LogP contribution in [0.5, 0.6) is 0 Å².